The molecule has 2 aromatic carbocycles. The minimum absolute atomic E-state index is 0.0201. The number of alkyl halides is 7. The number of pyridine rings is 1. The van der Waals surface area contributed by atoms with E-state index in [1.807, 2.05) is 0 Å². The van der Waals surface area contributed by atoms with Crippen molar-refractivity contribution in [1.82, 2.24) is 4.98 Å². The van der Waals surface area contributed by atoms with Gasteiger partial charge in [0.1, 0.15) is 0 Å². The summed E-state index contributed by atoms with van der Waals surface area (Å²) in [5.41, 5.74) is -8.84. The summed E-state index contributed by atoms with van der Waals surface area (Å²) >= 11 is 0. The number of rotatable bonds is 6. The molecule has 5 nitrogen and oxygen atoms in total. The molecule has 3 aromatic rings. The fraction of sp³-hybridized carbons (Fsp3) is 0.269. The molecule has 1 N–H and O–H groups in total. The average Bonchev–Trinajstić information content (AvgIpc) is 2.85. The molecule has 13 heteroatoms. The van der Waals surface area contributed by atoms with Gasteiger partial charge in [-0.2, -0.15) is 26.3 Å². The Bertz CT molecular complexity index is 1350. The number of aryl methyl sites for hydroxylation is 2. The molecule has 208 valence electrons. The Morgan fingerprint density at radius 1 is 0.897 bits per heavy atom. The lowest BCUT2D eigenvalue weighted by molar-refractivity contribution is -0.348. The van der Waals surface area contributed by atoms with Crippen LogP contribution in [0.4, 0.5) is 46.5 Å². The van der Waals surface area contributed by atoms with Crippen LogP contribution >= 0.6 is 0 Å². The third kappa shape index (κ3) is 5.43. The standard InChI is InChI=1S/C26H21F8N3O2/c1-4-37(23(39)16-8-10-35-11-9-16)19-7-5-6-18(20(19)27)22(38)36-21-14(2)12-17(13-15(21)3)24(28,25(29,30)31)26(32,33)34/h5-13H,4H2,1-3H3,(H,36,38). The zero-order valence-electron chi connectivity index (χ0n) is 20.6. The Morgan fingerprint density at radius 3 is 1.92 bits per heavy atom. The van der Waals surface area contributed by atoms with Crippen molar-refractivity contribution in [2.24, 2.45) is 0 Å². The predicted octanol–water partition coefficient (Wildman–Crippen LogP) is 7.05. The fourth-order valence-corrected chi connectivity index (χ4v) is 4.01. The number of amides is 2. The highest BCUT2D eigenvalue weighted by atomic mass is 19.4. The number of carbonyl (C=O) groups excluding carboxylic acids is 2. The van der Waals surface area contributed by atoms with E-state index in [9.17, 15) is 40.3 Å². The van der Waals surface area contributed by atoms with Gasteiger partial charge in [-0.05, 0) is 56.2 Å². The number of anilines is 2. The molecule has 0 saturated carbocycles. The molecule has 0 atom stereocenters. The first-order chi connectivity index (χ1) is 18.0. The zero-order chi connectivity index (χ0) is 29.3. The highest BCUT2D eigenvalue weighted by Gasteiger charge is 2.73. The smallest absolute Gasteiger partial charge is 0.321 e. The van der Waals surface area contributed by atoms with Crippen LogP contribution in [0, 0.1) is 19.7 Å². The summed E-state index contributed by atoms with van der Waals surface area (Å²) in [5.74, 6) is -2.77. The Balaban J connectivity index is 1.98. The molecule has 0 unspecified atom stereocenters. The number of nitrogens with one attached hydrogen (secondary N) is 1. The van der Waals surface area contributed by atoms with E-state index in [0.717, 1.165) is 24.8 Å². The van der Waals surface area contributed by atoms with Crippen LogP contribution in [-0.4, -0.2) is 35.7 Å². The normalized spacial score (nSPS) is 12.3. The van der Waals surface area contributed by atoms with E-state index in [0.29, 0.717) is 12.1 Å². The summed E-state index contributed by atoms with van der Waals surface area (Å²) < 4.78 is 109. The second-order valence-corrected chi connectivity index (χ2v) is 8.52. The van der Waals surface area contributed by atoms with E-state index in [-0.39, 0.29) is 34.6 Å². The van der Waals surface area contributed by atoms with Crippen LogP contribution in [0.2, 0.25) is 0 Å². The van der Waals surface area contributed by atoms with Gasteiger partial charge in [0.2, 0.25) is 0 Å². The molecule has 2 amide bonds. The summed E-state index contributed by atoms with van der Waals surface area (Å²) in [4.78, 5) is 30.7. The second-order valence-electron chi connectivity index (χ2n) is 8.52. The molecule has 0 spiro atoms. The van der Waals surface area contributed by atoms with Gasteiger partial charge < -0.3 is 10.2 Å². The number of nitrogens with zero attached hydrogens (tertiary/aromatic N) is 2. The van der Waals surface area contributed by atoms with Gasteiger partial charge in [-0.1, -0.05) is 18.2 Å². The molecular weight excluding hydrogens is 538 g/mol. The fourth-order valence-electron chi connectivity index (χ4n) is 4.01. The van der Waals surface area contributed by atoms with Crippen LogP contribution in [-0.2, 0) is 5.67 Å². The first-order valence-corrected chi connectivity index (χ1v) is 11.3. The molecule has 0 aliphatic heterocycles. The number of hydrogen-bond donors (Lipinski definition) is 1. The van der Waals surface area contributed by atoms with Gasteiger partial charge in [-0.3, -0.25) is 14.6 Å². The highest BCUT2D eigenvalue weighted by Crippen LogP contribution is 2.53. The summed E-state index contributed by atoms with van der Waals surface area (Å²) in [6.07, 6.45) is -9.88. The van der Waals surface area contributed by atoms with Crippen LogP contribution in [0.1, 0.15) is 44.3 Å². The lowest BCUT2D eigenvalue weighted by Gasteiger charge is -2.31. The van der Waals surface area contributed by atoms with Crippen molar-refractivity contribution in [2.75, 3.05) is 16.8 Å². The molecule has 0 bridgehead atoms. The Kier molecular flexibility index (Phi) is 8.04. The summed E-state index contributed by atoms with van der Waals surface area (Å²) in [6, 6.07) is 7.11. The third-order valence-electron chi connectivity index (χ3n) is 5.95. The lowest BCUT2D eigenvalue weighted by atomic mass is 9.90. The van der Waals surface area contributed by atoms with Gasteiger partial charge in [0, 0.05) is 35.8 Å². The van der Waals surface area contributed by atoms with Crippen LogP contribution in [0.15, 0.2) is 54.9 Å². The molecule has 0 aliphatic rings. The molecule has 0 saturated heterocycles. The Hall–Kier alpha value is -4.03. The van der Waals surface area contributed by atoms with Gasteiger partial charge in [-0.15, -0.1) is 0 Å². The monoisotopic (exact) mass is 559 g/mol. The largest absolute Gasteiger partial charge is 0.435 e. The van der Waals surface area contributed by atoms with Crippen molar-refractivity contribution in [3.8, 4) is 0 Å². The van der Waals surface area contributed by atoms with Gasteiger partial charge in [0.15, 0.2) is 5.82 Å². The quantitative estimate of drug-likeness (QED) is 0.330. The lowest BCUT2D eigenvalue weighted by Crippen LogP contribution is -2.50. The maximum atomic E-state index is 15.5. The van der Waals surface area contributed by atoms with Crippen molar-refractivity contribution >= 4 is 23.2 Å². The van der Waals surface area contributed by atoms with Crippen molar-refractivity contribution in [3.63, 3.8) is 0 Å². The second kappa shape index (κ2) is 10.6. The SMILES string of the molecule is CCN(C(=O)c1ccncc1)c1cccc(C(=O)Nc2c(C)cc(C(F)(C(F)(F)F)C(F)(F)F)cc2C)c1F. The maximum Gasteiger partial charge on any atom is 0.435 e. The number of aromatic nitrogens is 1. The van der Waals surface area contributed by atoms with E-state index >= 15 is 4.39 Å². The van der Waals surface area contributed by atoms with E-state index in [4.69, 9.17) is 0 Å². The topological polar surface area (TPSA) is 62.3 Å². The summed E-state index contributed by atoms with van der Waals surface area (Å²) in [5, 5.41) is 2.26. The van der Waals surface area contributed by atoms with Gasteiger partial charge >= 0.3 is 18.0 Å². The van der Waals surface area contributed by atoms with Gasteiger partial charge in [-0.25, -0.2) is 8.78 Å². The van der Waals surface area contributed by atoms with Gasteiger partial charge in [0.25, 0.3) is 11.8 Å². The Morgan fingerprint density at radius 2 is 1.44 bits per heavy atom. The van der Waals surface area contributed by atoms with E-state index in [2.05, 4.69) is 10.3 Å². The summed E-state index contributed by atoms with van der Waals surface area (Å²) in [7, 11) is 0. The Labute approximate surface area is 217 Å². The van der Waals surface area contributed by atoms with E-state index in [1.165, 1.54) is 36.7 Å². The zero-order valence-corrected chi connectivity index (χ0v) is 20.6. The van der Waals surface area contributed by atoms with Crippen LogP contribution in [0.5, 0.6) is 0 Å². The van der Waals surface area contributed by atoms with Crippen LogP contribution in [0.3, 0.4) is 0 Å². The third-order valence-corrected chi connectivity index (χ3v) is 5.95. The minimum Gasteiger partial charge on any atom is -0.321 e. The van der Waals surface area contributed by atoms with E-state index in [1.54, 1.807) is 6.92 Å². The van der Waals surface area contributed by atoms with Gasteiger partial charge in [0.05, 0.1) is 11.3 Å². The minimum atomic E-state index is -6.31. The molecule has 0 radical (unpaired) electrons. The first kappa shape index (κ1) is 29.5. The maximum absolute atomic E-state index is 15.5. The molecule has 1 aromatic heterocycles. The highest BCUT2D eigenvalue weighted by molar-refractivity contribution is 6.09. The molecule has 39 heavy (non-hydrogen) atoms. The van der Waals surface area contributed by atoms with E-state index < -0.39 is 46.8 Å². The number of benzene rings is 2. The van der Waals surface area contributed by atoms with Crippen LogP contribution < -0.4 is 10.2 Å². The molecule has 0 fully saturated rings. The molecule has 0 aliphatic carbocycles. The number of carbonyl (C=O) groups is 2. The predicted molar refractivity (Wildman–Crippen MR) is 127 cm³/mol. The van der Waals surface area contributed by atoms with Crippen molar-refractivity contribution < 1.29 is 44.7 Å². The molecule has 3 rings (SSSR count). The summed E-state index contributed by atoms with van der Waals surface area (Å²) in [6.45, 7) is 3.73. The van der Waals surface area contributed by atoms with Crippen molar-refractivity contribution in [3.05, 3.63) is 88.5 Å². The first-order valence-electron chi connectivity index (χ1n) is 11.3. The molecular formula is C26H21F8N3O2. The van der Waals surface area contributed by atoms with Crippen LogP contribution in [0.25, 0.3) is 0 Å². The average molecular weight is 559 g/mol. The number of hydrogen-bond acceptors (Lipinski definition) is 3. The van der Waals surface area contributed by atoms with Crippen molar-refractivity contribution in [2.45, 2.75) is 38.8 Å². The van der Waals surface area contributed by atoms with Crippen molar-refractivity contribution in [1.29, 1.82) is 0 Å². The number of halogens is 8. The molecule has 1 heterocycles.